The largest absolute Gasteiger partial charge is 0.487 e. The van der Waals surface area contributed by atoms with Crippen LogP contribution in [-0.4, -0.2) is 13.1 Å². The van der Waals surface area contributed by atoms with Gasteiger partial charge >= 0.3 is 0 Å². The lowest BCUT2D eigenvalue weighted by atomic mass is 9.91. The molecule has 1 aliphatic carbocycles. The van der Waals surface area contributed by atoms with Crippen molar-refractivity contribution in [1.29, 1.82) is 0 Å². The molecule has 0 radical (unpaired) electrons. The van der Waals surface area contributed by atoms with Crippen molar-refractivity contribution in [3.05, 3.63) is 63.9 Å². The van der Waals surface area contributed by atoms with E-state index < -0.39 is 0 Å². The molecule has 3 unspecified atom stereocenters. The average Bonchev–Trinajstić information content (AvgIpc) is 3.11. The predicted molar refractivity (Wildman–Crippen MR) is 89.7 cm³/mol. The Hall–Kier alpha value is -1.58. The monoisotopic (exact) mass is 331 g/mol. The van der Waals surface area contributed by atoms with Gasteiger partial charge in [-0.3, -0.25) is 0 Å². The summed E-state index contributed by atoms with van der Waals surface area (Å²) in [5.74, 6) is 2.24. The first-order valence-corrected chi connectivity index (χ1v) is 8.42. The van der Waals surface area contributed by atoms with E-state index in [1.165, 1.54) is 23.3 Å². The molecule has 1 N–H and O–H groups in total. The lowest BCUT2D eigenvalue weighted by Gasteiger charge is -2.14. The molecular weight excluding hydrogens is 313 g/mol. The van der Waals surface area contributed by atoms with E-state index in [0.717, 1.165) is 24.4 Å². The van der Waals surface area contributed by atoms with Crippen LogP contribution in [0.3, 0.4) is 0 Å². The summed E-state index contributed by atoms with van der Waals surface area (Å²) < 4.78 is 18.9. The zero-order chi connectivity index (χ0) is 16.0. The number of rotatable bonds is 3. The van der Waals surface area contributed by atoms with Gasteiger partial charge in [-0.1, -0.05) is 30.7 Å². The minimum absolute atomic E-state index is 0.238. The SMILES string of the molecule is CC1c2cc(Cl)c(OCc3ccc(F)cc3)cc2C2CNCC12. The molecule has 1 aliphatic heterocycles. The molecule has 1 saturated heterocycles. The highest BCUT2D eigenvalue weighted by Crippen LogP contribution is 2.50. The van der Waals surface area contributed by atoms with Gasteiger partial charge in [0.25, 0.3) is 0 Å². The summed E-state index contributed by atoms with van der Waals surface area (Å²) in [6.45, 7) is 4.78. The molecule has 2 aromatic carbocycles. The third kappa shape index (κ3) is 2.62. The Bertz CT molecular complexity index is 731. The number of ether oxygens (including phenoxy) is 1. The number of fused-ring (bicyclic) bond motifs is 3. The Morgan fingerprint density at radius 1 is 1.17 bits per heavy atom. The fourth-order valence-corrected chi connectivity index (χ4v) is 4.17. The van der Waals surface area contributed by atoms with E-state index in [1.807, 2.05) is 0 Å². The molecular formula is C19H19ClFNO. The van der Waals surface area contributed by atoms with Gasteiger partial charge in [-0.25, -0.2) is 4.39 Å². The smallest absolute Gasteiger partial charge is 0.138 e. The molecule has 2 aliphatic rings. The summed E-state index contributed by atoms with van der Waals surface area (Å²) in [6, 6.07) is 10.5. The summed E-state index contributed by atoms with van der Waals surface area (Å²) >= 11 is 6.42. The van der Waals surface area contributed by atoms with E-state index in [4.69, 9.17) is 16.3 Å². The van der Waals surface area contributed by atoms with Crippen molar-refractivity contribution in [3.63, 3.8) is 0 Å². The maximum atomic E-state index is 13.0. The second-order valence-electron chi connectivity index (χ2n) is 6.54. The van der Waals surface area contributed by atoms with Crippen LogP contribution in [0, 0.1) is 11.7 Å². The highest BCUT2D eigenvalue weighted by atomic mass is 35.5. The predicted octanol–water partition coefficient (Wildman–Crippen LogP) is 4.48. The Balaban J connectivity index is 1.58. The second-order valence-corrected chi connectivity index (χ2v) is 6.95. The number of nitrogens with one attached hydrogen (secondary N) is 1. The van der Waals surface area contributed by atoms with Gasteiger partial charge < -0.3 is 10.1 Å². The van der Waals surface area contributed by atoms with Crippen LogP contribution < -0.4 is 10.1 Å². The topological polar surface area (TPSA) is 21.3 Å². The highest BCUT2D eigenvalue weighted by molar-refractivity contribution is 6.32. The Kier molecular flexibility index (Phi) is 3.78. The van der Waals surface area contributed by atoms with Gasteiger partial charge in [-0.2, -0.15) is 0 Å². The standard InChI is InChI=1S/C19H19ClFNO/c1-11-14-6-18(20)19(7-15(14)17-9-22-8-16(11)17)23-10-12-2-4-13(21)5-3-12/h2-7,11,16-17,22H,8-10H2,1H3. The highest BCUT2D eigenvalue weighted by Gasteiger charge is 2.41. The average molecular weight is 332 g/mol. The maximum absolute atomic E-state index is 13.0. The first kappa shape index (κ1) is 15.0. The molecule has 2 nitrogen and oxygen atoms in total. The fraction of sp³-hybridized carbons (Fsp3) is 0.368. The van der Waals surface area contributed by atoms with Crippen LogP contribution in [0.25, 0.3) is 0 Å². The normalized spacial score (nSPS) is 25.3. The lowest BCUT2D eigenvalue weighted by Crippen LogP contribution is -2.12. The summed E-state index contributed by atoms with van der Waals surface area (Å²) in [6.07, 6.45) is 0. The summed E-state index contributed by atoms with van der Waals surface area (Å²) in [4.78, 5) is 0. The zero-order valence-corrected chi connectivity index (χ0v) is 13.7. The molecule has 0 aromatic heterocycles. The summed E-state index contributed by atoms with van der Waals surface area (Å²) in [5, 5.41) is 4.14. The van der Waals surface area contributed by atoms with E-state index in [2.05, 4.69) is 24.4 Å². The van der Waals surface area contributed by atoms with Crippen molar-refractivity contribution in [1.82, 2.24) is 5.32 Å². The Morgan fingerprint density at radius 2 is 1.96 bits per heavy atom. The minimum Gasteiger partial charge on any atom is -0.487 e. The molecule has 4 rings (SSSR count). The Morgan fingerprint density at radius 3 is 2.74 bits per heavy atom. The molecule has 3 atom stereocenters. The maximum Gasteiger partial charge on any atom is 0.138 e. The summed E-state index contributed by atoms with van der Waals surface area (Å²) in [7, 11) is 0. The Labute approximate surface area is 140 Å². The van der Waals surface area contributed by atoms with Crippen LogP contribution >= 0.6 is 11.6 Å². The van der Waals surface area contributed by atoms with Gasteiger partial charge in [-0.05, 0) is 59.3 Å². The molecule has 1 heterocycles. The van der Waals surface area contributed by atoms with Gasteiger partial charge in [-0.15, -0.1) is 0 Å². The van der Waals surface area contributed by atoms with Crippen molar-refractivity contribution in [2.24, 2.45) is 5.92 Å². The van der Waals surface area contributed by atoms with E-state index in [9.17, 15) is 4.39 Å². The van der Waals surface area contributed by atoms with Crippen molar-refractivity contribution in [3.8, 4) is 5.75 Å². The molecule has 4 heteroatoms. The van der Waals surface area contributed by atoms with E-state index in [-0.39, 0.29) is 5.82 Å². The van der Waals surface area contributed by atoms with Gasteiger partial charge in [0.2, 0.25) is 0 Å². The van der Waals surface area contributed by atoms with Crippen LogP contribution in [0.1, 0.15) is 35.4 Å². The van der Waals surface area contributed by atoms with E-state index >= 15 is 0 Å². The quantitative estimate of drug-likeness (QED) is 0.895. The van der Waals surface area contributed by atoms with Crippen LogP contribution in [0.5, 0.6) is 5.75 Å². The lowest BCUT2D eigenvalue weighted by molar-refractivity contribution is 0.306. The molecule has 23 heavy (non-hydrogen) atoms. The van der Waals surface area contributed by atoms with Crippen LogP contribution in [-0.2, 0) is 6.61 Å². The second kappa shape index (κ2) is 5.81. The summed E-state index contributed by atoms with van der Waals surface area (Å²) in [5.41, 5.74) is 3.66. The number of hydrogen-bond acceptors (Lipinski definition) is 2. The van der Waals surface area contributed by atoms with E-state index in [1.54, 1.807) is 12.1 Å². The van der Waals surface area contributed by atoms with Gasteiger partial charge in [0.1, 0.15) is 18.2 Å². The molecule has 0 bridgehead atoms. The number of benzene rings is 2. The molecule has 0 amide bonds. The van der Waals surface area contributed by atoms with Crippen molar-refractivity contribution in [2.45, 2.75) is 25.4 Å². The fourth-order valence-electron chi connectivity index (χ4n) is 3.95. The van der Waals surface area contributed by atoms with E-state index in [0.29, 0.717) is 29.4 Å². The first-order valence-electron chi connectivity index (χ1n) is 8.05. The molecule has 120 valence electrons. The first-order chi connectivity index (χ1) is 11.1. The van der Waals surface area contributed by atoms with Gasteiger partial charge in [0, 0.05) is 12.5 Å². The minimum atomic E-state index is -0.238. The van der Waals surface area contributed by atoms with Crippen LogP contribution in [0.15, 0.2) is 36.4 Å². The van der Waals surface area contributed by atoms with Crippen LogP contribution in [0.4, 0.5) is 4.39 Å². The van der Waals surface area contributed by atoms with Gasteiger partial charge in [0.15, 0.2) is 0 Å². The molecule has 1 fully saturated rings. The molecule has 0 spiro atoms. The van der Waals surface area contributed by atoms with Crippen LogP contribution in [0.2, 0.25) is 5.02 Å². The van der Waals surface area contributed by atoms with Crippen molar-refractivity contribution < 1.29 is 9.13 Å². The van der Waals surface area contributed by atoms with Crippen molar-refractivity contribution >= 4 is 11.6 Å². The van der Waals surface area contributed by atoms with Crippen molar-refractivity contribution in [2.75, 3.05) is 13.1 Å². The third-order valence-corrected chi connectivity index (χ3v) is 5.53. The van der Waals surface area contributed by atoms with Gasteiger partial charge in [0.05, 0.1) is 5.02 Å². The third-order valence-electron chi connectivity index (χ3n) is 5.24. The molecule has 2 aromatic rings. The zero-order valence-electron chi connectivity index (χ0n) is 13.0. The number of halogens is 2. The molecule has 0 saturated carbocycles. The number of hydrogen-bond donors (Lipinski definition) is 1.